The van der Waals surface area contributed by atoms with E-state index in [9.17, 15) is 0 Å². The van der Waals surface area contributed by atoms with Crippen LogP contribution in [0.4, 0.5) is 0 Å². The van der Waals surface area contributed by atoms with Crippen LogP contribution >= 0.6 is 0 Å². The number of aromatic amines is 1. The molecule has 2 aliphatic heterocycles. The molecule has 12 aromatic rings. The van der Waals surface area contributed by atoms with Crippen molar-refractivity contribution in [3.8, 4) is 11.4 Å². The third-order valence-electron chi connectivity index (χ3n) is 12.2. The minimum atomic E-state index is 0.0927. The van der Waals surface area contributed by atoms with Gasteiger partial charge in [-0.25, -0.2) is 0 Å². The predicted octanol–water partition coefficient (Wildman–Crippen LogP) is 9.71. The molecule has 0 amide bonds. The van der Waals surface area contributed by atoms with Crippen LogP contribution in [0.1, 0.15) is 0 Å². The number of furan rings is 1. The van der Waals surface area contributed by atoms with Crippen molar-refractivity contribution in [2.75, 3.05) is 0 Å². The summed E-state index contributed by atoms with van der Waals surface area (Å²) in [5, 5.41) is 12.5. The van der Waals surface area contributed by atoms with Gasteiger partial charge in [-0.3, -0.25) is 0 Å². The summed E-state index contributed by atoms with van der Waals surface area (Å²) in [5.41, 5.74) is 15.8. The standard InChI is InChI=1S/C46H24BN3O/c1-2-10-25-24(9-1)19-40-43-46(25)50-38-22-37-30(26-11-3-5-17-36(26)48-37)20-31(38)29-14-8-16-35(45(29)50)47(43)34-15-7-13-28-32-21-33-27-12-4-6-18-41(27)51-42(33)23-39(32)49(40)44(28)34/h1-23,48H. The molecule has 0 radical (unpaired) electrons. The highest BCUT2D eigenvalue weighted by Gasteiger charge is 2.41. The molecule has 4 nitrogen and oxygen atoms in total. The van der Waals surface area contributed by atoms with E-state index < -0.39 is 0 Å². The van der Waals surface area contributed by atoms with E-state index in [4.69, 9.17) is 4.42 Å². The van der Waals surface area contributed by atoms with Crippen LogP contribution in [0.2, 0.25) is 0 Å². The molecule has 0 atom stereocenters. The fraction of sp³-hybridized carbons (Fsp3) is 0. The first-order chi connectivity index (χ1) is 25.3. The smallest absolute Gasteiger partial charge is 0.252 e. The van der Waals surface area contributed by atoms with Crippen molar-refractivity contribution in [1.82, 2.24) is 14.1 Å². The zero-order valence-corrected chi connectivity index (χ0v) is 27.2. The van der Waals surface area contributed by atoms with Gasteiger partial charge in [0.1, 0.15) is 11.2 Å². The number of benzene rings is 8. The van der Waals surface area contributed by atoms with Crippen LogP contribution < -0.4 is 16.4 Å². The Bertz CT molecular complexity index is 3610. The molecule has 0 aliphatic carbocycles. The van der Waals surface area contributed by atoms with Gasteiger partial charge in [-0.05, 0) is 58.2 Å². The minimum Gasteiger partial charge on any atom is -0.456 e. The summed E-state index contributed by atoms with van der Waals surface area (Å²) in [6, 6.07) is 51.8. The molecule has 8 aromatic carbocycles. The van der Waals surface area contributed by atoms with Crippen LogP contribution in [0.15, 0.2) is 144 Å². The van der Waals surface area contributed by atoms with Gasteiger partial charge in [-0.2, -0.15) is 0 Å². The summed E-state index contributed by atoms with van der Waals surface area (Å²) >= 11 is 0. The SMILES string of the molecule is c1ccc2c3c4c(cc2c1)-n1c2cc5oc6ccccc6c5cc2c2cccc(c21)B4c1cccc2c4cc5c(cc4n-3c12)[nH]c1ccccc15. The van der Waals surface area contributed by atoms with E-state index >= 15 is 0 Å². The Kier molecular flexibility index (Phi) is 4.14. The van der Waals surface area contributed by atoms with Crippen molar-refractivity contribution in [3.05, 3.63) is 140 Å². The van der Waals surface area contributed by atoms with Crippen LogP contribution in [-0.4, -0.2) is 20.8 Å². The zero-order chi connectivity index (χ0) is 32.7. The summed E-state index contributed by atoms with van der Waals surface area (Å²) in [6.07, 6.45) is 0. The molecule has 0 saturated carbocycles. The largest absolute Gasteiger partial charge is 0.456 e. The van der Waals surface area contributed by atoms with E-state index in [2.05, 4.69) is 154 Å². The normalized spacial score (nSPS) is 13.5. The van der Waals surface area contributed by atoms with Crippen molar-refractivity contribution in [2.24, 2.45) is 0 Å². The lowest BCUT2D eigenvalue weighted by Gasteiger charge is -2.34. The number of nitrogens with zero attached hydrogens (tertiary/aromatic N) is 2. The molecular formula is C46H24BN3O. The lowest BCUT2D eigenvalue weighted by atomic mass is 9.34. The Morgan fingerprint density at radius 2 is 1.12 bits per heavy atom. The first-order valence-corrected chi connectivity index (χ1v) is 17.7. The van der Waals surface area contributed by atoms with Crippen LogP contribution in [-0.2, 0) is 0 Å². The van der Waals surface area contributed by atoms with Crippen LogP contribution in [0.3, 0.4) is 0 Å². The Morgan fingerprint density at radius 1 is 0.451 bits per heavy atom. The van der Waals surface area contributed by atoms with E-state index in [1.54, 1.807) is 0 Å². The molecule has 5 heteroatoms. The van der Waals surface area contributed by atoms with E-state index in [0.29, 0.717) is 0 Å². The van der Waals surface area contributed by atoms with E-state index in [1.807, 2.05) is 0 Å². The Labute approximate surface area is 289 Å². The number of hydrogen-bond acceptors (Lipinski definition) is 1. The molecule has 14 rings (SSSR count). The number of rotatable bonds is 0. The highest BCUT2D eigenvalue weighted by molar-refractivity contribution is 7.00. The number of aromatic nitrogens is 3. The molecule has 1 N–H and O–H groups in total. The Morgan fingerprint density at radius 3 is 1.96 bits per heavy atom. The maximum atomic E-state index is 6.50. The average Bonchev–Trinajstić information content (AvgIpc) is 3.91. The highest BCUT2D eigenvalue weighted by atomic mass is 16.3. The molecule has 0 saturated heterocycles. The molecule has 2 aliphatic rings. The van der Waals surface area contributed by atoms with Crippen LogP contribution in [0.25, 0.3) is 110 Å². The van der Waals surface area contributed by atoms with Gasteiger partial charge in [0, 0.05) is 82.3 Å². The van der Waals surface area contributed by atoms with Gasteiger partial charge in [0.2, 0.25) is 0 Å². The molecule has 51 heavy (non-hydrogen) atoms. The Hall–Kier alpha value is -6.72. The molecule has 0 spiro atoms. The van der Waals surface area contributed by atoms with Crippen molar-refractivity contribution in [2.45, 2.75) is 0 Å². The molecule has 0 bridgehead atoms. The summed E-state index contributed by atoms with van der Waals surface area (Å²) in [4.78, 5) is 3.74. The fourth-order valence-electron chi connectivity index (χ4n) is 10.2. The van der Waals surface area contributed by atoms with Crippen LogP contribution in [0, 0.1) is 0 Å². The van der Waals surface area contributed by atoms with E-state index in [0.717, 1.165) is 21.9 Å². The number of nitrogens with one attached hydrogen (secondary N) is 1. The lowest BCUT2D eigenvalue weighted by Crippen LogP contribution is -2.59. The van der Waals surface area contributed by atoms with Gasteiger partial charge >= 0.3 is 0 Å². The fourth-order valence-corrected chi connectivity index (χ4v) is 10.2. The topological polar surface area (TPSA) is 38.8 Å². The minimum absolute atomic E-state index is 0.0927. The maximum Gasteiger partial charge on any atom is 0.252 e. The summed E-state index contributed by atoms with van der Waals surface area (Å²) in [6.45, 7) is 0.0927. The number of H-pyrrole nitrogens is 1. The van der Waals surface area contributed by atoms with E-state index in [1.165, 1.54) is 104 Å². The van der Waals surface area contributed by atoms with Gasteiger partial charge in [-0.1, -0.05) is 97.1 Å². The first kappa shape index (κ1) is 25.3. The second-order valence-electron chi connectivity index (χ2n) is 14.5. The van der Waals surface area contributed by atoms with Gasteiger partial charge in [-0.15, -0.1) is 0 Å². The molecule has 232 valence electrons. The lowest BCUT2D eigenvalue weighted by molar-refractivity contribution is 0.669. The third-order valence-corrected chi connectivity index (χ3v) is 12.2. The molecule has 0 fully saturated rings. The van der Waals surface area contributed by atoms with Gasteiger partial charge in [0.15, 0.2) is 0 Å². The quantitative estimate of drug-likeness (QED) is 0.164. The molecule has 4 aromatic heterocycles. The summed E-state index contributed by atoms with van der Waals surface area (Å²) < 4.78 is 11.6. The summed E-state index contributed by atoms with van der Waals surface area (Å²) in [7, 11) is 0. The number of para-hydroxylation sites is 4. The van der Waals surface area contributed by atoms with Crippen molar-refractivity contribution >= 4 is 121 Å². The summed E-state index contributed by atoms with van der Waals surface area (Å²) in [5.74, 6) is 0. The molecular weight excluding hydrogens is 621 g/mol. The molecule has 0 unspecified atom stereocenters. The average molecular weight is 646 g/mol. The zero-order valence-electron chi connectivity index (χ0n) is 27.2. The van der Waals surface area contributed by atoms with E-state index in [-0.39, 0.29) is 6.71 Å². The maximum absolute atomic E-state index is 6.50. The first-order valence-electron chi connectivity index (χ1n) is 17.7. The highest BCUT2D eigenvalue weighted by Crippen LogP contribution is 2.44. The number of hydrogen-bond donors (Lipinski definition) is 1. The Balaban J connectivity index is 1.21. The monoisotopic (exact) mass is 645 g/mol. The predicted molar refractivity (Wildman–Crippen MR) is 214 cm³/mol. The molecule has 6 heterocycles. The van der Waals surface area contributed by atoms with Crippen LogP contribution in [0.5, 0.6) is 0 Å². The second kappa shape index (κ2) is 8.35. The van der Waals surface area contributed by atoms with Crippen molar-refractivity contribution < 1.29 is 4.42 Å². The third kappa shape index (κ3) is 2.80. The van der Waals surface area contributed by atoms with Gasteiger partial charge in [0.25, 0.3) is 6.71 Å². The number of fused-ring (bicyclic) bond motifs is 18. The van der Waals surface area contributed by atoms with Crippen molar-refractivity contribution in [1.29, 1.82) is 0 Å². The van der Waals surface area contributed by atoms with Crippen molar-refractivity contribution in [3.63, 3.8) is 0 Å². The second-order valence-corrected chi connectivity index (χ2v) is 14.5. The van der Waals surface area contributed by atoms with Gasteiger partial charge in [0.05, 0.1) is 16.7 Å². The van der Waals surface area contributed by atoms with Gasteiger partial charge < -0.3 is 18.5 Å².